The van der Waals surface area contributed by atoms with Gasteiger partial charge < -0.3 is 20.0 Å². The molecule has 3 aromatic carbocycles. The van der Waals surface area contributed by atoms with Gasteiger partial charge in [0, 0.05) is 36.0 Å². The van der Waals surface area contributed by atoms with Gasteiger partial charge in [-0.05, 0) is 85.5 Å². The summed E-state index contributed by atoms with van der Waals surface area (Å²) in [4.78, 5) is 34.1. The summed E-state index contributed by atoms with van der Waals surface area (Å²) in [5.74, 6) is -0.152. The van der Waals surface area contributed by atoms with Crippen LogP contribution in [0.25, 0.3) is 22.6 Å². The number of nitrogens with zero attached hydrogens (tertiary/aromatic N) is 3. The van der Waals surface area contributed by atoms with Gasteiger partial charge in [0.2, 0.25) is 11.8 Å². The molecule has 0 unspecified atom stereocenters. The van der Waals surface area contributed by atoms with Crippen molar-refractivity contribution in [2.75, 3.05) is 24.2 Å². The van der Waals surface area contributed by atoms with E-state index in [1.165, 1.54) is 17.2 Å². The molecule has 1 aliphatic carbocycles. The predicted molar refractivity (Wildman–Crippen MR) is 157 cm³/mol. The number of carbonyl (C=O) groups is 2. The summed E-state index contributed by atoms with van der Waals surface area (Å²) >= 11 is 0. The van der Waals surface area contributed by atoms with Crippen molar-refractivity contribution in [3.8, 4) is 11.5 Å². The molecule has 1 saturated heterocycles. The Bertz CT molecular complexity index is 1670. The van der Waals surface area contributed by atoms with Gasteiger partial charge in [0.15, 0.2) is 5.58 Å². The molecule has 7 nitrogen and oxygen atoms in total. The zero-order valence-electron chi connectivity index (χ0n) is 22.9. The number of carbonyl (C=O) groups excluding carboxylic acids is 2. The van der Waals surface area contributed by atoms with Crippen molar-refractivity contribution in [1.29, 1.82) is 0 Å². The van der Waals surface area contributed by atoms with Crippen molar-refractivity contribution >= 4 is 38.1 Å². The zero-order valence-corrected chi connectivity index (χ0v) is 23.9. The number of benzene rings is 3. The first kappa shape index (κ1) is 25.9. The van der Waals surface area contributed by atoms with E-state index in [0.29, 0.717) is 57.8 Å². The molecule has 2 atom stereocenters. The number of primary amides is 1. The van der Waals surface area contributed by atoms with Crippen LogP contribution in [0.4, 0.5) is 10.1 Å². The number of nitrogens with two attached hydrogens (primary N) is 1. The molecule has 2 amide bonds. The van der Waals surface area contributed by atoms with Crippen LogP contribution >= 0.6 is 0 Å². The van der Waals surface area contributed by atoms with E-state index in [9.17, 15) is 9.59 Å². The zero-order chi connectivity index (χ0) is 28.2. The molecule has 7 rings (SSSR count). The third-order valence-corrected chi connectivity index (χ3v) is 10.4. The predicted octanol–water partition coefficient (Wildman–Crippen LogP) is 5.42. The second kappa shape index (κ2) is 10.1. The Kier molecular flexibility index (Phi) is 6.41. The van der Waals surface area contributed by atoms with Crippen LogP contribution in [0, 0.1) is 5.82 Å². The third-order valence-electron chi connectivity index (χ3n) is 8.75. The minimum Gasteiger partial charge on any atom is -0.436 e. The van der Waals surface area contributed by atoms with Crippen LogP contribution in [-0.4, -0.2) is 50.5 Å². The maximum Gasteiger partial charge on any atom is 0.254 e. The molecule has 2 fully saturated rings. The number of hydrogen-bond acceptors (Lipinski definition) is 5. The lowest BCUT2D eigenvalue weighted by molar-refractivity contribution is -0.118. The van der Waals surface area contributed by atoms with Gasteiger partial charge in [-0.15, -0.1) is 0 Å². The quantitative estimate of drug-likeness (QED) is 0.326. The molecule has 41 heavy (non-hydrogen) atoms. The number of halogens is 1. The first-order chi connectivity index (χ1) is 19.9. The van der Waals surface area contributed by atoms with Crippen molar-refractivity contribution in [3.63, 3.8) is 0 Å². The summed E-state index contributed by atoms with van der Waals surface area (Å²) in [6, 6.07) is 17.1. The fourth-order valence-electron chi connectivity index (χ4n) is 6.24. The van der Waals surface area contributed by atoms with E-state index in [2.05, 4.69) is 24.0 Å². The molecule has 9 heteroatoms. The van der Waals surface area contributed by atoms with Crippen molar-refractivity contribution in [3.05, 3.63) is 82.7 Å². The first-order valence-electron chi connectivity index (χ1n) is 14.3. The van der Waals surface area contributed by atoms with Gasteiger partial charge in [0.25, 0.3) is 5.91 Å². The van der Waals surface area contributed by atoms with Gasteiger partial charge in [0.05, 0.1) is 21.1 Å². The summed E-state index contributed by atoms with van der Waals surface area (Å²) in [7, 11) is 0.395. The van der Waals surface area contributed by atoms with E-state index in [-0.39, 0.29) is 34.9 Å². The molecule has 2 radical (unpaired) electrons. The SMILES string of the molecule is C[C@@H]1c2ccccc2CCN1C(=O)c1cc(C2CC2)c2nc(-c3ccc(N4CC[C@H](C(N)=O)[Si]C4)cc3F)oc2c1. The fraction of sp³-hybridized carbons (Fsp3) is 0.344. The Morgan fingerprint density at radius 1 is 1.05 bits per heavy atom. The monoisotopic (exact) mass is 566 g/mol. The highest BCUT2D eigenvalue weighted by Gasteiger charge is 2.32. The second-order valence-corrected chi connectivity index (χ2v) is 12.8. The average Bonchev–Trinajstić information content (AvgIpc) is 3.75. The summed E-state index contributed by atoms with van der Waals surface area (Å²) in [5.41, 5.74) is 11.7. The highest BCUT2D eigenvalue weighted by molar-refractivity contribution is 6.45. The fourth-order valence-corrected chi connectivity index (χ4v) is 7.55. The van der Waals surface area contributed by atoms with Gasteiger partial charge in [-0.3, -0.25) is 9.59 Å². The van der Waals surface area contributed by atoms with Crippen LogP contribution in [0.2, 0.25) is 5.54 Å². The highest BCUT2D eigenvalue weighted by atomic mass is 28.2. The Labute approximate surface area is 240 Å². The number of amides is 2. The van der Waals surface area contributed by atoms with E-state index in [0.717, 1.165) is 30.5 Å². The number of aromatic nitrogens is 1. The topological polar surface area (TPSA) is 92.7 Å². The van der Waals surface area contributed by atoms with Crippen LogP contribution in [0.1, 0.15) is 65.2 Å². The number of oxazole rings is 1. The van der Waals surface area contributed by atoms with Crippen molar-refractivity contribution < 1.29 is 18.4 Å². The molecule has 2 N–H and O–H groups in total. The van der Waals surface area contributed by atoms with Crippen LogP contribution in [-0.2, 0) is 11.2 Å². The Balaban J connectivity index is 1.18. The molecule has 0 bridgehead atoms. The van der Waals surface area contributed by atoms with Crippen LogP contribution in [0.3, 0.4) is 0 Å². The van der Waals surface area contributed by atoms with Gasteiger partial charge in [-0.1, -0.05) is 24.3 Å². The molecule has 4 aromatic rings. The van der Waals surface area contributed by atoms with E-state index in [1.54, 1.807) is 12.1 Å². The van der Waals surface area contributed by atoms with Crippen molar-refractivity contribution in [2.45, 2.75) is 50.1 Å². The minimum absolute atomic E-state index is 0.0208. The lowest BCUT2D eigenvalue weighted by atomic mass is 9.93. The lowest BCUT2D eigenvalue weighted by Crippen LogP contribution is -2.41. The standard InChI is InChI=1S/C32H31FN4O3Si/c1-18-23-5-3-2-4-19(23)10-13-37(18)32(39)21-14-25(20-6-7-20)29-27(15-21)40-31(35-29)24-9-8-22(16-26(24)33)36-12-11-28(30(34)38)41-17-36/h2-5,8-9,14-16,18,20,28H,6-7,10-13,17H2,1H3,(H2,34,38)/t18-,28-/m1/s1. The van der Waals surface area contributed by atoms with Gasteiger partial charge in [-0.2, -0.15) is 0 Å². The highest BCUT2D eigenvalue weighted by Crippen LogP contribution is 2.45. The normalized spacial score (nSPS) is 20.7. The largest absolute Gasteiger partial charge is 0.436 e. The van der Waals surface area contributed by atoms with Crippen LogP contribution < -0.4 is 10.6 Å². The summed E-state index contributed by atoms with van der Waals surface area (Å²) < 4.78 is 21.6. The molecular formula is C32H31FN4O3Si. The minimum atomic E-state index is -0.417. The second-order valence-electron chi connectivity index (χ2n) is 11.4. The molecule has 3 aliphatic rings. The Morgan fingerprint density at radius 3 is 2.61 bits per heavy atom. The van der Waals surface area contributed by atoms with E-state index in [4.69, 9.17) is 15.1 Å². The molecule has 1 aromatic heterocycles. The van der Waals surface area contributed by atoms with Crippen molar-refractivity contribution in [1.82, 2.24) is 9.88 Å². The molecule has 2 aliphatic heterocycles. The summed E-state index contributed by atoms with van der Waals surface area (Å²) in [6.07, 6.45) is 4.26. The van der Waals surface area contributed by atoms with E-state index >= 15 is 4.39 Å². The smallest absolute Gasteiger partial charge is 0.254 e. The Hall–Kier alpha value is -3.98. The van der Waals surface area contributed by atoms with Gasteiger partial charge in [-0.25, -0.2) is 9.37 Å². The van der Waals surface area contributed by atoms with Crippen LogP contribution in [0.15, 0.2) is 59.0 Å². The van der Waals surface area contributed by atoms with Crippen molar-refractivity contribution in [2.24, 2.45) is 5.73 Å². The maximum atomic E-state index is 15.5. The third kappa shape index (κ3) is 4.72. The number of rotatable bonds is 5. The molecular weight excluding hydrogens is 535 g/mol. The molecule has 1 saturated carbocycles. The van der Waals surface area contributed by atoms with E-state index < -0.39 is 5.82 Å². The maximum absolute atomic E-state index is 15.5. The first-order valence-corrected chi connectivity index (χ1v) is 15.6. The molecule has 0 spiro atoms. The van der Waals surface area contributed by atoms with Gasteiger partial charge >= 0.3 is 0 Å². The van der Waals surface area contributed by atoms with E-state index in [1.807, 2.05) is 29.2 Å². The van der Waals surface area contributed by atoms with Gasteiger partial charge in [0.1, 0.15) is 11.3 Å². The molecule has 3 heterocycles. The van der Waals surface area contributed by atoms with Crippen LogP contribution in [0.5, 0.6) is 0 Å². The lowest BCUT2D eigenvalue weighted by Gasteiger charge is -2.35. The number of fused-ring (bicyclic) bond motifs is 2. The average molecular weight is 567 g/mol. The number of anilines is 1. The summed E-state index contributed by atoms with van der Waals surface area (Å²) in [6.45, 7) is 3.40. The number of hydrogen-bond donors (Lipinski definition) is 1. The molecule has 208 valence electrons. The summed E-state index contributed by atoms with van der Waals surface area (Å²) in [5, 5.41) is 0. The Morgan fingerprint density at radius 2 is 1.88 bits per heavy atom.